The van der Waals surface area contributed by atoms with Crippen LogP contribution in [0.25, 0.3) is 0 Å². The van der Waals surface area contributed by atoms with E-state index in [1.54, 1.807) is 25.3 Å². The van der Waals surface area contributed by atoms with E-state index in [0.717, 1.165) is 22.2 Å². The first-order chi connectivity index (χ1) is 9.02. The summed E-state index contributed by atoms with van der Waals surface area (Å²) in [4.78, 5) is 0. The Kier molecular flexibility index (Phi) is 4.42. The van der Waals surface area contributed by atoms with Crippen LogP contribution in [0.5, 0.6) is 5.75 Å². The van der Waals surface area contributed by atoms with E-state index in [1.165, 1.54) is 6.07 Å². The monoisotopic (exact) mass is 346 g/mol. The molecule has 1 atom stereocenters. The van der Waals surface area contributed by atoms with Gasteiger partial charge in [0.25, 0.3) is 0 Å². The zero-order valence-corrected chi connectivity index (χ0v) is 12.3. The first kappa shape index (κ1) is 14.3. The maximum atomic E-state index is 13.2. The highest BCUT2D eigenvalue weighted by Crippen LogP contribution is 2.34. The molecule has 2 aromatic carbocycles. The Bertz CT molecular complexity index is 604. The molecular formula is C14H10BrClF2O. The van der Waals surface area contributed by atoms with E-state index in [-0.39, 0.29) is 0 Å². The molecule has 0 bridgehead atoms. The van der Waals surface area contributed by atoms with Crippen LogP contribution in [0.4, 0.5) is 8.78 Å². The molecule has 19 heavy (non-hydrogen) atoms. The second-order valence-corrected chi connectivity index (χ2v) is 5.22. The fraction of sp³-hybridized carbons (Fsp3) is 0.143. The third kappa shape index (κ3) is 3.07. The summed E-state index contributed by atoms with van der Waals surface area (Å²) in [7, 11) is 1.56. The molecule has 5 heteroatoms. The topological polar surface area (TPSA) is 9.23 Å². The Hall–Kier alpha value is -1.13. The molecule has 0 spiro atoms. The van der Waals surface area contributed by atoms with Gasteiger partial charge in [-0.05, 0) is 51.3 Å². The van der Waals surface area contributed by atoms with Crippen molar-refractivity contribution in [1.29, 1.82) is 0 Å². The van der Waals surface area contributed by atoms with Crippen LogP contribution in [0.2, 0.25) is 0 Å². The Morgan fingerprint density at radius 3 is 2.26 bits per heavy atom. The van der Waals surface area contributed by atoms with Crippen LogP contribution >= 0.6 is 27.5 Å². The summed E-state index contributed by atoms with van der Waals surface area (Å²) >= 11 is 9.63. The maximum Gasteiger partial charge on any atom is 0.159 e. The van der Waals surface area contributed by atoms with Crippen LogP contribution in [-0.2, 0) is 0 Å². The van der Waals surface area contributed by atoms with Crippen molar-refractivity contribution in [3.63, 3.8) is 0 Å². The van der Waals surface area contributed by atoms with Gasteiger partial charge in [0.15, 0.2) is 11.6 Å². The van der Waals surface area contributed by atoms with Gasteiger partial charge < -0.3 is 4.74 Å². The molecule has 0 saturated heterocycles. The molecule has 0 fully saturated rings. The van der Waals surface area contributed by atoms with Gasteiger partial charge in [-0.2, -0.15) is 0 Å². The number of benzene rings is 2. The van der Waals surface area contributed by atoms with Crippen molar-refractivity contribution in [1.82, 2.24) is 0 Å². The normalized spacial score (nSPS) is 12.3. The highest BCUT2D eigenvalue weighted by atomic mass is 79.9. The number of alkyl halides is 1. The van der Waals surface area contributed by atoms with Crippen LogP contribution in [0.15, 0.2) is 40.9 Å². The molecule has 0 radical (unpaired) electrons. The van der Waals surface area contributed by atoms with Gasteiger partial charge in [0, 0.05) is 0 Å². The van der Waals surface area contributed by atoms with Crippen LogP contribution in [0.1, 0.15) is 16.5 Å². The van der Waals surface area contributed by atoms with Gasteiger partial charge in [0.1, 0.15) is 5.75 Å². The van der Waals surface area contributed by atoms with E-state index >= 15 is 0 Å². The summed E-state index contributed by atoms with van der Waals surface area (Å²) in [5, 5.41) is -0.558. The van der Waals surface area contributed by atoms with Crippen LogP contribution < -0.4 is 4.74 Å². The lowest BCUT2D eigenvalue weighted by atomic mass is 10.0. The number of hydrogen-bond donors (Lipinski definition) is 0. The Balaban J connectivity index is 2.35. The first-order valence-corrected chi connectivity index (χ1v) is 6.68. The Labute approximate surface area is 123 Å². The molecule has 0 aliphatic rings. The lowest BCUT2D eigenvalue weighted by Crippen LogP contribution is -1.96. The number of halogens is 4. The standard InChI is InChI=1S/C14H10BrClF2O/c1-19-13-5-3-8(6-10(13)15)14(16)9-2-4-11(17)12(18)7-9/h2-7,14H,1H3. The van der Waals surface area contributed by atoms with Crippen LogP contribution in [0.3, 0.4) is 0 Å². The lowest BCUT2D eigenvalue weighted by Gasteiger charge is -2.12. The highest BCUT2D eigenvalue weighted by Gasteiger charge is 2.14. The van der Waals surface area contributed by atoms with Gasteiger partial charge in [-0.15, -0.1) is 11.6 Å². The van der Waals surface area contributed by atoms with Crippen molar-refractivity contribution in [2.45, 2.75) is 5.38 Å². The van der Waals surface area contributed by atoms with E-state index in [0.29, 0.717) is 11.3 Å². The van der Waals surface area contributed by atoms with Gasteiger partial charge in [0.05, 0.1) is 17.0 Å². The number of hydrogen-bond acceptors (Lipinski definition) is 1. The Morgan fingerprint density at radius 1 is 1.05 bits per heavy atom. The molecule has 1 unspecified atom stereocenters. The minimum Gasteiger partial charge on any atom is -0.496 e. The summed E-state index contributed by atoms with van der Waals surface area (Å²) in [6, 6.07) is 8.97. The van der Waals surface area contributed by atoms with E-state index in [4.69, 9.17) is 16.3 Å². The number of rotatable bonds is 3. The van der Waals surface area contributed by atoms with Gasteiger partial charge in [-0.1, -0.05) is 12.1 Å². The van der Waals surface area contributed by atoms with Crippen LogP contribution in [-0.4, -0.2) is 7.11 Å². The second kappa shape index (κ2) is 5.88. The molecule has 0 heterocycles. The minimum absolute atomic E-state index is 0.498. The molecule has 2 aromatic rings. The molecule has 0 aliphatic carbocycles. The maximum absolute atomic E-state index is 13.2. The molecule has 2 rings (SSSR count). The molecular weight excluding hydrogens is 338 g/mol. The van der Waals surface area contributed by atoms with Crippen molar-refractivity contribution in [3.05, 3.63) is 63.6 Å². The predicted molar refractivity (Wildman–Crippen MR) is 74.7 cm³/mol. The van der Waals surface area contributed by atoms with Gasteiger partial charge in [-0.25, -0.2) is 8.78 Å². The van der Waals surface area contributed by atoms with E-state index < -0.39 is 17.0 Å². The second-order valence-electron chi connectivity index (χ2n) is 3.93. The molecule has 0 aromatic heterocycles. The highest BCUT2D eigenvalue weighted by molar-refractivity contribution is 9.10. The van der Waals surface area contributed by atoms with Crippen molar-refractivity contribution >= 4 is 27.5 Å². The summed E-state index contributed by atoms with van der Waals surface area (Å²) in [5.74, 6) is -1.11. The summed E-state index contributed by atoms with van der Waals surface area (Å²) in [5.41, 5.74) is 1.26. The molecule has 1 nitrogen and oxygen atoms in total. The summed E-state index contributed by atoms with van der Waals surface area (Å²) < 4.78 is 31.9. The molecule has 100 valence electrons. The van der Waals surface area contributed by atoms with E-state index in [9.17, 15) is 8.78 Å². The number of ether oxygens (including phenoxy) is 1. The Morgan fingerprint density at radius 2 is 1.68 bits per heavy atom. The van der Waals surface area contributed by atoms with Gasteiger partial charge in [0.2, 0.25) is 0 Å². The smallest absolute Gasteiger partial charge is 0.159 e. The average molecular weight is 348 g/mol. The van der Waals surface area contributed by atoms with Gasteiger partial charge in [-0.3, -0.25) is 0 Å². The quantitative estimate of drug-likeness (QED) is 0.705. The summed E-state index contributed by atoms with van der Waals surface area (Å²) in [6.45, 7) is 0. The zero-order valence-electron chi connectivity index (χ0n) is 9.96. The third-order valence-corrected chi connectivity index (χ3v) is 3.83. The van der Waals surface area contributed by atoms with Gasteiger partial charge >= 0.3 is 0 Å². The molecule has 0 aliphatic heterocycles. The average Bonchev–Trinajstić information content (AvgIpc) is 2.41. The SMILES string of the molecule is COc1ccc(C(Cl)c2ccc(F)c(F)c2)cc1Br. The largest absolute Gasteiger partial charge is 0.496 e. The summed E-state index contributed by atoms with van der Waals surface area (Å²) in [6.07, 6.45) is 0. The molecule has 0 N–H and O–H groups in total. The van der Waals surface area contributed by atoms with Crippen molar-refractivity contribution in [2.24, 2.45) is 0 Å². The lowest BCUT2D eigenvalue weighted by molar-refractivity contribution is 0.412. The number of methoxy groups -OCH3 is 1. The fourth-order valence-corrected chi connectivity index (χ4v) is 2.53. The third-order valence-electron chi connectivity index (χ3n) is 2.70. The molecule has 0 amide bonds. The van der Waals surface area contributed by atoms with Crippen molar-refractivity contribution in [3.8, 4) is 5.75 Å². The van der Waals surface area contributed by atoms with E-state index in [2.05, 4.69) is 15.9 Å². The van der Waals surface area contributed by atoms with Crippen LogP contribution in [0, 0.1) is 11.6 Å². The predicted octanol–water partition coefficient (Wildman–Crippen LogP) is 5.06. The minimum atomic E-state index is -0.907. The molecule has 0 saturated carbocycles. The van der Waals surface area contributed by atoms with E-state index in [1.807, 2.05) is 0 Å². The van der Waals surface area contributed by atoms with Crippen molar-refractivity contribution < 1.29 is 13.5 Å². The fourth-order valence-electron chi connectivity index (χ4n) is 1.70. The van der Waals surface area contributed by atoms with Crippen molar-refractivity contribution in [2.75, 3.05) is 7.11 Å². The first-order valence-electron chi connectivity index (χ1n) is 5.45. The zero-order chi connectivity index (χ0) is 14.0.